The van der Waals surface area contributed by atoms with Crippen LogP contribution in [-0.2, 0) is 5.54 Å². The van der Waals surface area contributed by atoms with Crippen LogP contribution in [0.15, 0.2) is 34.7 Å². The maximum atomic E-state index is 9.58. The van der Waals surface area contributed by atoms with Gasteiger partial charge in [-0.2, -0.15) is 4.37 Å². The Morgan fingerprint density at radius 2 is 2.11 bits per heavy atom. The molecule has 2 aromatic rings. The summed E-state index contributed by atoms with van der Waals surface area (Å²) in [5.41, 5.74) is 6.57. The number of aryl methyl sites for hydroxylation is 1. The number of hydrogen-bond acceptors (Lipinski definition) is 6. The number of aliphatic hydroxyl groups excluding tert-OH is 1. The molecule has 1 heterocycles. The van der Waals surface area contributed by atoms with E-state index in [0.717, 1.165) is 21.5 Å². The summed E-state index contributed by atoms with van der Waals surface area (Å²) < 4.78 is 5.09. The predicted octanol–water partition coefficient (Wildman–Crippen LogP) is 2.18. The zero-order valence-corrected chi connectivity index (χ0v) is 12.4. The summed E-state index contributed by atoms with van der Waals surface area (Å²) >= 11 is 3.03. The SMILES string of the molecule is Cc1nsc(SCCC(N)(CO)c2ccccc2)n1. The molecular weight excluding hydrogens is 278 g/mol. The Bertz CT molecular complexity index is 518. The van der Waals surface area contributed by atoms with Gasteiger partial charge in [0.1, 0.15) is 5.82 Å². The number of nitrogens with zero attached hydrogens (tertiary/aromatic N) is 2. The Balaban J connectivity index is 1.96. The second kappa shape index (κ2) is 6.47. The molecule has 19 heavy (non-hydrogen) atoms. The highest BCUT2D eigenvalue weighted by atomic mass is 32.2. The predicted molar refractivity (Wildman–Crippen MR) is 79.4 cm³/mol. The van der Waals surface area contributed by atoms with E-state index in [2.05, 4.69) is 9.36 Å². The largest absolute Gasteiger partial charge is 0.394 e. The number of thioether (sulfide) groups is 1. The first-order valence-corrected chi connectivity index (χ1v) is 7.78. The highest BCUT2D eigenvalue weighted by Crippen LogP contribution is 2.27. The number of rotatable bonds is 6. The number of aromatic nitrogens is 2. The van der Waals surface area contributed by atoms with Gasteiger partial charge in [0, 0.05) is 5.75 Å². The number of nitrogens with two attached hydrogens (primary N) is 1. The van der Waals surface area contributed by atoms with E-state index < -0.39 is 5.54 Å². The van der Waals surface area contributed by atoms with E-state index in [1.165, 1.54) is 11.5 Å². The van der Waals surface area contributed by atoms with Crippen LogP contribution >= 0.6 is 23.3 Å². The molecule has 0 saturated heterocycles. The van der Waals surface area contributed by atoms with E-state index in [-0.39, 0.29) is 6.61 Å². The molecule has 0 aliphatic heterocycles. The smallest absolute Gasteiger partial charge is 0.170 e. The third-order valence-corrected chi connectivity index (χ3v) is 4.84. The summed E-state index contributed by atoms with van der Waals surface area (Å²) in [4.78, 5) is 4.30. The van der Waals surface area contributed by atoms with Gasteiger partial charge in [0.15, 0.2) is 4.34 Å². The van der Waals surface area contributed by atoms with Gasteiger partial charge in [-0.3, -0.25) is 0 Å². The van der Waals surface area contributed by atoms with Crippen LogP contribution in [0.5, 0.6) is 0 Å². The monoisotopic (exact) mass is 295 g/mol. The van der Waals surface area contributed by atoms with E-state index >= 15 is 0 Å². The van der Waals surface area contributed by atoms with Crippen molar-refractivity contribution in [2.75, 3.05) is 12.4 Å². The molecule has 1 unspecified atom stereocenters. The summed E-state index contributed by atoms with van der Waals surface area (Å²) in [5.74, 6) is 1.61. The standard InChI is InChI=1S/C13H17N3OS2/c1-10-15-12(19-16-10)18-8-7-13(14,9-17)11-5-3-2-4-6-11/h2-6,17H,7-9,14H2,1H3. The molecule has 3 N–H and O–H groups in total. The third kappa shape index (κ3) is 3.76. The van der Waals surface area contributed by atoms with Crippen LogP contribution in [0, 0.1) is 6.92 Å². The summed E-state index contributed by atoms with van der Waals surface area (Å²) in [6.45, 7) is 1.82. The Morgan fingerprint density at radius 3 is 2.68 bits per heavy atom. The summed E-state index contributed by atoms with van der Waals surface area (Å²) in [5, 5.41) is 9.58. The topological polar surface area (TPSA) is 72.0 Å². The molecule has 0 bridgehead atoms. The molecule has 1 atom stereocenters. The summed E-state index contributed by atoms with van der Waals surface area (Å²) in [7, 11) is 0. The van der Waals surface area contributed by atoms with E-state index in [4.69, 9.17) is 5.73 Å². The van der Waals surface area contributed by atoms with Crippen LogP contribution in [-0.4, -0.2) is 26.8 Å². The lowest BCUT2D eigenvalue weighted by Gasteiger charge is -2.27. The average Bonchev–Trinajstić information content (AvgIpc) is 2.85. The molecule has 4 nitrogen and oxygen atoms in total. The van der Waals surface area contributed by atoms with Crippen LogP contribution in [0.4, 0.5) is 0 Å². The van der Waals surface area contributed by atoms with Gasteiger partial charge < -0.3 is 10.8 Å². The quantitative estimate of drug-likeness (QED) is 0.799. The van der Waals surface area contributed by atoms with Crippen molar-refractivity contribution in [2.45, 2.75) is 23.2 Å². The second-order valence-electron chi connectivity index (χ2n) is 4.39. The van der Waals surface area contributed by atoms with Crippen molar-refractivity contribution >= 4 is 23.3 Å². The molecule has 2 rings (SSSR count). The van der Waals surface area contributed by atoms with E-state index in [1.54, 1.807) is 11.8 Å². The van der Waals surface area contributed by atoms with E-state index in [1.807, 2.05) is 37.3 Å². The van der Waals surface area contributed by atoms with Gasteiger partial charge in [0.2, 0.25) is 0 Å². The molecule has 0 saturated carbocycles. The molecular formula is C13H17N3OS2. The Morgan fingerprint density at radius 1 is 1.37 bits per heavy atom. The lowest BCUT2D eigenvalue weighted by atomic mass is 9.89. The zero-order chi connectivity index (χ0) is 13.7. The second-order valence-corrected chi connectivity index (χ2v) is 6.48. The average molecular weight is 295 g/mol. The normalized spacial score (nSPS) is 14.3. The minimum atomic E-state index is -0.687. The fourth-order valence-corrected chi connectivity index (χ4v) is 3.58. The van der Waals surface area contributed by atoms with E-state index in [9.17, 15) is 5.11 Å². The molecule has 102 valence electrons. The minimum absolute atomic E-state index is 0.0628. The van der Waals surface area contributed by atoms with Crippen molar-refractivity contribution < 1.29 is 5.11 Å². The van der Waals surface area contributed by atoms with Gasteiger partial charge >= 0.3 is 0 Å². The van der Waals surface area contributed by atoms with Gasteiger partial charge in [-0.25, -0.2) is 4.98 Å². The highest BCUT2D eigenvalue weighted by Gasteiger charge is 2.26. The van der Waals surface area contributed by atoms with Crippen molar-refractivity contribution in [2.24, 2.45) is 5.73 Å². The van der Waals surface area contributed by atoms with Crippen LogP contribution in [0.2, 0.25) is 0 Å². The van der Waals surface area contributed by atoms with Crippen molar-refractivity contribution in [3.05, 3.63) is 41.7 Å². The molecule has 0 spiro atoms. The molecule has 6 heteroatoms. The van der Waals surface area contributed by atoms with Crippen LogP contribution in [0.3, 0.4) is 0 Å². The number of hydrogen-bond donors (Lipinski definition) is 2. The molecule has 1 aromatic carbocycles. The fraction of sp³-hybridized carbons (Fsp3) is 0.385. The van der Waals surface area contributed by atoms with Crippen molar-refractivity contribution in [1.29, 1.82) is 0 Å². The molecule has 0 aliphatic carbocycles. The van der Waals surface area contributed by atoms with Crippen LogP contribution in [0.1, 0.15) is 17.8 Å². The molecule has 1 aromatic heterocycles. The fourth-order valence-electron chi connectivity index (χ4n) is 1.74. The van der Waals surface area contributed by atoms with Gasteiger partial charge in [-0.15, -0.1) is 0 Å². The van der Waals surface area contributed by atoms with Crippen LogP contribution in [0.25, 0.3) is 0 Å². The van der Waals surface area contributed by atoms with Crippen LogP contribution < -0.4 is 5.73 Å². The Hall–Kier alpha value is -0.950. The maximum Gasteiger partial charge on any atom is 0.170 e. The van der Waals surface area contributed by atoms with Crippen molar-refractivity contribution in [3.8, 4) is 0 Å². The minimum Gasteiger partial charge on any atom is -0.394 e. The molecule has 0 amide bonds. The molecule has 0 fully saturated rings. The Labute approximate surface area is 121 Å². The summed E-state index contributed by atoms with van der Waals surface area (Å²) in [6.07, 6.45) is 0.691. The number of aliphatic hydroxyl groups is 1. The first-order chi connectivity index (χ1) is 9.14. The van der Waals surface area contributed by atoms with Crippen molar-refractivity contribution in [1.82, 2.24) is 9.36 Å². The first-order valence-electron chi connectivity index (χ1n) is 6.02. The van der Waals surface area contributed by atoms with E-state index in [0.29, 0.717) is 6.42 Å². The zero-order valence-electron chi connectivity index (χ0n) is 10.7. The maximum absolute atomic E-state index is 9.58. The van der Waals surface area contributed by atoms with Gasteiger partial charge in [-0.05, 0) is 30.4 Å². The van der Waals surface area contributed by atoms with Gasteiger partial charge in [0.05, 0.1) is 12.1 Å². The highest BCUT2D eigenvalue weighted by molar-refractivity contribution is 8.00. The van der Waals surface area contributed by atoms with Crippen molar-refractivity contribution in [3.63, 3.8) is 0 Å². The lowest BCUT2D eigenvalue weighted by molar-refractivity contribution is 0.193. The van der Waals surface area contributed by atoms with Gasteiger partial charge in [-0.1, -0.05) is 42.1 Å². The lowest BCUT2D eigenvalue weighted by Crippen LogP contribution is -2.41. The first kappa shape index (κ1) is 14.5. The number of benzene rings is 1. The Kier molecular flexibility index (Phi) is 4.93. The molecule has 0 aliphatic rings. The molecule has 0 radical (unpaired) electrons. The van der Waals surface area contributed by atoms with Gasteiger partial charge in [0.25, 0.3) is 0 Å². The summed E-state index contributed by atoms with van der Waals surface area (Å²) in [6, 6.07) is 9.73. The third-order valence-electron chi connectivity index (χ3n) is 2.91.